The summed E-state index contributed by atoms with van der Waals surface area (Å²) < 4.78 is 6.68. The number of rotatable bonds is 3. The molecule has 3 aromatic rings. The molecule has 136 valence electrons. The van der Waals surface area contributed by atoms with Gasteiger partial charge in [0.05, 0.1) is 10.2 Å². The van der Waals surface area contributed by atoms with E-state index in [2.05, 4.69) is 61.4 Å². The maximum absolute atomic E-state index is 12.3. The van der Waals surface area contributed by atoms with Crippen LogP contribution >= 0.6 is 31.9 Å². The molecule has 0 atom stereocenters. The van der Waals surface area contributed by atoms with E-state index in [1.165, 1.54) is 17.2 Å². The molecular weight excluding hydrogens is 474 g/mol. The molecule has 0 radical (unpaired) electrons. The monoisotopic (exact) mass is 487 g/mol. The highest BCUT2D eigenvalue weighted by molar-refractivity contribution is 9.11. The molecule has 0 unspecified atom stereocenters. The van der Waals surface area contributed by atoms with Crippen molar-refractivity contribution in [3.05, 3.63) is 80.7 Å². The summed E-state index contributed by atoms with van der Waals surface area (Å²) in [6, 6.07) is 19.5. The van der Waals surface area contributed by atoms with Gasteiger partial charge in [-0.15, -0.1) is 0 Å². The Morgan fingerprint density at radius 1 is 0.963 bits per heavy atom. The Morgan fingerprint density at radius 3 is 2.19 bits per heavy atom. The van der Waals surface area contributed by atoms with Crippen LogP contribution in [0.3, 0.4) is 0 Å². The lowest BCUT2D eigenvalue weighted by atomic mass is 9.98. The van der Waals surface area contributed by atoms with Gasteiger partial charge in [0.1, 0.15) is 12.4 Å². The topological polar surface area (TPSA) is 58.6 Å². The lowest BCUT2D eigenvalue weighted by Gasteiger charge is -2.15. The molecule has 1 aliphatic rings. The number of carbonyl (C=O) groups excluding carboxylic acids is 1. The maximum Gasteiger partial charge on any atom is 0.411 e. The quantitative estimate of drug-likeness (QED) is 0.456. The molecule has 0 heterocycles. The van der Waals surface area contributed by atoms with Crippen molar-refractivity contribution in [1.29, 1.82) is 0 Å². The zero-order chi connectivity index (χ0) is 19.0. The highest BCUT2D eigenvalue weighted by Crippen LogP contribution is 2.44. The largest absolute Gasteiger partial charge is 0.507 e. The first-order valence-electron chi connectivity index (χ1n) is 8.34. The number of aromatic hydroxyl groups is 1. The normalized spacial score (nSPS) is 12.4. The summed E-state index contributed by atoms with van der Waals surface area (Å²) >= 11 is 6.59. The highest BCUT2D eigenvalue weighted by atomic mass is 79.9. The summed E-state index contributed by atoms with van der Waals surface area (Å²) in [5.74, 6) is 0.0389. The Bertz CT molecular complexity index is 990. The molecule has 0 aliphatic heterocycles. The fraction of sp³-hybridized carbons (Fsp3) is 0.0952. The van der Waals surface area contributed by atoms with Gasteiger partial charge in [0.15, 0.2) is 0 Å². The fourth-order valence-electron chi connectivity index (χ4n) is 3.38. The molecule has 0 fully saturated rings. The molecule has 1 aliphatic carbocycles. The molecule has 2 N–H and O–H groups in total. The fourth-order valence-corrected chi connectivity index (χ4v) is 4.47. The van der Waals surface area contributed by atoms with Gasteiger partial charge in [-0.3, -0.25) is 5.32 Å². The lowest BCUT2D eigenvalue weighted by molar-refractivity contribution is 0.158. The Morgan fingerprint density at radius 2 is 1.56 bits per heavy atom. The first-order chi connectivity index (χ1) is 13.0. The number of anilines is 1. The SMILES string of the molecule is O=C(Nc1cc(O)c(Br)cc1Br)OCC1c2ccccc2-c2ccccc21. The number of benzene rings is 3. The third kappa shape index (κ3) is 3.47. The van der Waals surface area contributed by atoms with E-state index in [-0.39, 0.29) is 18.3 Å². The molecule has 6 heteroatoms. The summed E-state index contributed by atoms with van der Waals surface area (Å²) in [7, 11) is 0. The number of amides is 1. The molecule has 0 saturated carbocycles. The van der Waals surface area contributed by atoms with Crippen molar-refractivity contribution < 1.29 is 14.6 Å². The summed E-state index contributed by atoms with van der Waals surface area (Å²) in [6.45, 7) is 0.236. The van der Waals surface area contributed by atoms with Gasteiger partial charge < -0.3 is 9.84 Å². The van der Waals surface area contributed by atoms with E-state index in [1.807, 2.05) is 24.3 Å². The minimum atomic E-state index is -0.570. The Kier molecular flexibility index (Phi) is 4.93. The van der Waals surface area contributed by atoms with Gasteiger partial charge in [0.2, 0.25) is 0 Å². The van der Waals surface area contributed by atoms with Gasteiger partial charge in [-0.2, -0.15) is 0 Å². The minimum absolute atomic E-state index is 0.00455. The molecule has 4 rings (SSSR count). The number of fused-ring (bicyclic) bond motifs is 3. The minimum Gasteiger partial charge on any atom is -0.507 e. The summed E-state index contributed by atoms with van der Waals surface area (Å²) in [5.41, 5.74) is 5.13. The number of halogens is 2. The number of hydrogen-bond donors (Lipinski definition) is 2. The molecule has 3 aromatic carbocycles. The van der Waals surface area contributed by atoms with Crippen LogP contribution in [-0.2, 0) is 4.74 Å². The van der Waals surface area contributed by atoms with E-state index >= 15 is 0 Å². The van der Waals surface area contributed by atoms with Crippen molar-refractivity contribution in [3.63, 3.8) is 0 Å². The molecule has 0 saturated heterocycles. The second kappa shape index (κ2) is 7.37. The van der Waals surface area contributed by atoms with Crippen LogP contribution in [0.4, 0.5) is 10.5 Å². The van der Waals surface area contributed by atoms with Gasteiger partial charge in [0.25, 0.3) is 0 Å². The van der Waals surface area contributed by atoms with E-state index in [1.54, 1.807) is 6.07 Å². The van der Waals surface area contributed by atoms with Crippen LogP contribution in [0.1, 0.15) is 17.0 Å². The molecular formula is C21H15Br2NO3. The van der Waals surface area contributed by atoms with E-state index in [4.69, 9.17) is 4.74 Å². The predicted octanol–water partition coefficient (Wildman–Crippen LogP) is 6.28. The lowest BCUT2D eigenvalue weighted by Crippen LogP contribution is -2.18. The van der Waals surface area contributed by atoms with Crippen molar-refractivity contribution in [2.24, 2.45) is 0 Å². The van der Waals surface area contributed by atoms with Crippen LogP contribution in [0.15, 0.2) is 69.6 Å². The van der Waals surface area contributed by atoms with E-state index in [0.29, 0.717) is 14.6 Å². The molecule has 0 bridgehead atoms. The van der Waals surface area contributed by atoms with Crippen LogP contribution in [0.5, 0.6) is 5.75 Å². The van der Waals surface area contributed by atoms with Crippen molar-refractivity contribution in [1.82, 2.24) is 0 Å². The highest BCUT2D eigenvalue weighted by Gasteiger charge is 2.29. The second-order valence-electron chi connectivity index (χ2n) is 6.23. The van der Waals surface area contributed by atoms with Gasteiger partial charge in [-0.25, -0.2) is 4.79 Å². The summed E-state index contributed by atoms with van der Waals surface area (Å²) in [5, 5.41) is 12.5. The number of ether oxygens (including phenoxy) is 1. The standard InChI is InChI=1S/C21H15Br2NO3/c22-17-9-18(23)20(25)10-19(17)24-21(26)27-11-16-14-7-3-1-5-12(14)13-6-2-4-8-15(13)16/h1-10,16,25H,11H2,(H,24,26). The third-order valence-electron chi connectivity index (χ3n) is 4.62. The van der Waals surface area contributed by atoms with Gasteiger partial charge in [-0.1, -0.05) is 48.5 Å². The molecule has 0 aromatic heterocycles. The molecule has 27 heavy (non-hydrogen) atoms. The van der Waals surface area contributed by atoms with Gasteiger partial charge in [0, 0.05) is 16.5 Å². The Balaban J connectivity index is 1.51. The number of phenols is 1. The van der Waals surface area contributed by atoms with Crippen molar-refractivity contribution in [3.8, 4) is 16.9 Å². The average Bonchev–Trinajstić information content (AvgIpc) is 2.98. The van der Waals surface area contributed by atoms with Gasteiger partial charge >= 0.3 is 6.09 Å². The average molecular weight is 489 g/mol. The zero-order valence-electron chi connectivity index (χ0n) is 14.1. The van der Waals surface area contributed by atoms with Gasteiger partial charge in [-0.05, 0) is 60.2 Å². The van der Waals surface area contributed by atoms with E-state index < -0.39 is 6.09 Å². The first kappa shape index (κ1) is 18.1. The number of phenolic OH excluding ortho intramolecular Hbond substituents is 1. The number of hydrogen-bond acceptors (Lipinski definition) is 3. The molecule has 1 amide bonds. The molecule has 4 nitrogen and oxygen atoms in total. The zero-order valence-corrected chi connectivity index (χ0v) is 17.2. The first-order valence-corrected chi connectivity index (χ1v) is 9.93. The summed E-state index contributed by atoms with van der Waals surface area (Å²) in [4.78, 5) is 12.3. The van der Waals surface area contributed by atoms with Crippen LogP contribution in [-0.4, -0.2) is 17.8 Å². The third-order valence-corrected chi connectivity index (χ3v) is 5.91. The smallest absolute Gasteiger partial charge is 0.411 e. The Labute approximate surface area is 173 Å². The molecule has 0 spiro atoms. The Hall–Kier alpha value is -2.31. The van der Waals surface area contributed by atoms with Crippen LogP contribution in [0, 0.1) is 0 Å². The van der Waals surface area contributed by atoms with Crippen molar-refractivity contribution >= 4 is 43.6 Å². The van der Waals surface area contributed by atoms with E-state index in [9.17, 15) is 9.90 Å². The van der Waals surface area contributed by atoms with Crippen molar-refractivity contribution in [2.75, 3.05) is 11.9 Å². The predicted molar refractivity (Wildman–Crippen MR) is 112 cm³/mol. The van der Waals surface area contributed by atoms with Crippen LogP contribution in [0.2, 0.25) is 0 Å². The van der Waals surface area contributed by atoms with E-state index in [0.717, 1.165) is 11.1 Å². The summed E-state index contributed by atoms with van der Waals surface area (Å²) in [6.07, 6.45) is -0.570. The van der Waals surface area contributed by atoms with Crippen molar-refractivity contribution in [2.45, 2.75) is 5.92 Å². The second-order valence-corrected chi connectivity index (χ2v) is 7.94. The number of carbonyl (C=O) groups is 1. The number of nitrogens with one attached hydrogen (secondary N) is 1. The van der Waals surface area contributed by atoms with Crippen LogP contribution < -0.4 is 5.32 Å². The van der Waals surface area contributed by atoms with Crippen LogP contribution in [0.25, 0.3) is 11.1 Å². The maximum atomic E-state index is 12.3.